The SMILES string of the molecule is CCCNc1nnc(S[C@@H](C)C(=O)Nc2ccc(OC)cc2)s1. The summed E-state index contributed by atoms with van der Waals surface area (Å²) in [6, 6.07) is 7.24. The van der Waals surface area contributed by atoms with Gasteiger partial charge in [-0.15, -0.1) is 10.2 Å². The number of anilines is 2. The van der Waals surface area contributed by atoms with E-state index < -0.39 is 0 Å². The number of hydrogen-bond acceptors (Lipinski definition) is 7. The molecule has 2 rings (SSSR count). The summed E-state index contributed by atoms with van der Waals surface area (Å²) < 4.78 is 5.87. The lowest BCUT2D eigenvalue weighted by Crippen LogP contribution is -2.22. The van der Waals surface area contributed by atoms with Crippen molar-refractivity contribution >= 4 is 39.8 Å². The van der Waals surface area contributed by atoms with E-state index in [0.717, 1.165) is 33.9 Å². The molecular formula is C15H20N4O2S2. The fourth-order valence-electron chi connectivity index (χ4n) is 1.68. The van der Waals surface area contributed by atoms with Crippen LogP contribution < -0.4 is 15.4 Å². The first kappa shape index (κ1) is 17.6. The van der Waals surface area contributed by atoms with Gasteiger partial charge in [-0.05, 0) is 37.6 Å². The van der Waals surface area contributed by atoms with E-state index in [4.69, 9.17) is 4.74 Å². The number of aromatic nitrogens is 2. The third-order valence-corrected chi connectivity index (χ3v) is 5.00. The first-order chi connectivity index (χ1) is 11.1. The molecule has 1 aromatic carbocycles. The van der Waals surface area contributed by atoms with Gasteiger partial charge in [-0.3, -0.25) is 4.79 Å². The molecule has 23 heavy (non-hydrogen) atoms. The van der Waals surface area contributed by atoms with Crippen LogP contribution in [0.15, 0.2) is 28.6 Å². The Kier molecular flexibility index (Phi) is 6.66. The third kappa shape index (κ3) is 5.40. The molecule has 0 aliphatic carbocycles. The van der Waals surface area contributed by atoms with Crippen molar-refractivity contribution in [2.75, 3.05) is 24.3 Å². The average molecular weight is 352 g/mol. The van der Waals surface area contributed by atoms with E-state index >= 15 is 0 Å². The van der Waals surface area contributed by atoms with E-state index in [-0.39, 0.29) is 11.2 Å². The number of ether oxygens (including phenoxy) is 1. The maximum atomic E-state index is 12.2. The predicted octanol–water partition coefficient (Wildman–Crippen LogP) is 3.49. The van der Waals surface area contributed by atoms with Crippen molar-refractivity contribution in [1.82, 2.24) is 10.2 Å². The number of thioether (sulfide) groups is 1. The van der Waals surface area contributed by atoms with E-state index in [2.05, 4.69) is 27.8 Å². The first-order valence-corrected chi connectivity index (χ1v) is 9.01. The van der Waals surface area contributed by atoms with Gasteiger partial charge in [0.2, 0.25) is 11.0 Å². The lowest BCUT2D eigenvalue weighted by atomic mass is 10.3. The van der Waals surface area contributed by atoms with Gasteiger partial charge in [0.15, 0.2) is 4.34 Å². The predicted molar refractivity (Wildman–Crippen MR) is 95.6 cm³/mol. The van der Waals surface area contributed by atoms with Crippen LogP contribution in [0.5, 0.6) is 5.75 Å². The number of nitrogens with one attached hydrogen (secondary N) is 2. The summed E-state index contributed by atoms with van der Waals surface area (Å²) in [5.74, 6) is 0.685. The molecule has 0 bridgehead atoms. The molecule has 124 valence electrons. The van der Waals surface area contributed by atoms with Gasteiger partial charge < -0.3 is 15.4 Å². The van der Waals surface area contributed by atoms with Crippen molar-refractivity contribution in [3.05, 3.63) is 24.3 Å². The Morgan fingerprint density at radius 1 is 1.35 bits per heavy atom. The van der Waals surface area contributed by atoms with Gasteiger partial charge in [-0.25, -0.2) is 0 Å². The number of nitrogens with zero attached hydrogens (tertiary/aromatic N) is 2. The maximum absolute atomic E-state index is 12.2. The zero-order valence-electron chi connectivity index (χ0n) is 13.3. The Hall–Kier alpha value is -1.80. The minimum Gasteiger partial charge on any atom is -0.497 e. The molecule has 0 saturated carbocycles. The summed E-state index contributed by atoms with van der Waals surface area (Å²) in [7, 11) is 1.61. The largest absolute Gasteiger partial charge is 0.497 e. The van der Waals surface area contributed by atoms with Crippen LogP contribution in [-0.4, -0.2) is 35.0 Å². The molecule has 0 radical (unpaired) electrons. The number of carbonyl (C=O) groups is 1. The first-order valence-electron chi connectivity index (χ1n) is 7.31. The van der Waals surface area contributed by atoms with Gasteiger partial charge >= 0.3 is 0 Å². The van der Waals surface area contributed by atoms with Crippen molar-refractivity contribution in [3.8, 4) is 5.75 Å². The highest BCUT2D eigenvalue weighted by atomic mass is 32.2. The monoisotopic (exact) mass is 352 g/mol. The molecule has 1 heterocycles. The van der Waals surface area contributed by atoms with Crippen molar-refractivity contribution in [1.29, 1.82) is 0 Å². The van der Waals surface area contributed by atoms with Crippen LogP contribution in [0.2, 0.25) is 0 Å². The molecule has 0 aliphatic heterocycles. The van der Waals surface area contributed by atoms with Gasteiger partial charge in [0.25, 0.3) is 0 Å². The zero-order valence-corrected chi connectivity index (χ0v) is 15.0. The summed E-state index contributed by atoms with van der Waals surface area (Å²) in [6.07, 6.45) is 1.03. The van der Waals surface area contributed by atoms with Crippen LogP contribution in [0.3, 0.4) is 0 Å². The number of rotatable bonds is 8. The van der Waals surface area contributed by atoms with Gasteiger partial charge in [-0.1, -0.05) is 30.0 Å². The molecule has 0 aliphatic rings. The fraction of sp³-hybridized carbons (Fsp3) is 0.400. The van der Waals surface area contributed by atoms with Gasteiger partial charge in [-0.2, -0.15) is 0 Å². The Balaban J connectivity index is 1.87. The van der Waals surface area contributed by atoms with Crippen LogP contribution in [0.4, 0.5) is 10.8 Å². The van der Waals surface area contributed by atoms with Gasteiger partial charge in [0.05, 0.1) is 12.4 Å². The molecule has 6 nitrogen and oxygen atoms in total. The quantitative estimate of drug-likeness (QED) is 0.708. The van der Waals surface area contributed by atoms with E-state index in [9.17, 15) is 4.79 Å². The molecule has 0 saturated heterocycles. The van der Waals surface area contributed by atoms with Crippen LogP contribution in [-0.2, 0) is 4.79 Å². The number of carbonyl (C=O) groups excluding carboxylic acids is 1. The van der Waals surface area contributed by atoms with Crippen LogP contribution >= 0.6 is 23.1 Å². The number of methoxy groups -OCH3 is 1. The summed E-state index contributed by atoms with van der Waals surface area (Å²) >= 11 is 2.86. The molecule has 8 heteroatoms. The maximum Gasteiger partial charge on any atom is 0.237 e. The zero-order chi connectivity index (χ0) is 16.7. The Morgan fingerprint density at radius 2 is 2.09 bits per heavy atom. The number of amides is 1. The number of benzene rings is 1. The van der Waals surface area contributed by atoms with E-state index in [0.29, 0.717) is 0 Å². The molecule has 0 unspecified atom stereocenters. The van der Waals surface area contributed by atoms with Crippen molar-refractivity contribution in [3.63, 3.8) is 0 Å². The number of hydrogen-bond donors (Lipinski definition) is 2. The second-order valence-electron chi connectivity index (χ2n) is 4.78. The third-order valence-electron chi connectivity index (χ3n) is 2.94. The lowest BCUT2D eigenvalue weighted by Gasteiger charge is -2.10. The van der Waals surface area contributed by atoms with Gasteiger partial charge in [0, 0.05) is 12.2 Å². The van der Waals surface area contributed by atoms with Crippen LogP contribution in [0, 0.1) is 0 Å². The second kappa shape index (κ2) is 8.73. The normalized spacial score (nSPS) is 11.8. The topological polar surface area (TPSA) is 76.1 Å². The summed E-state index contributed by atoms with van der Waals surface area (Å²) in [6.45, 7) is 4.81. The van der Waals surface area contributed by atoms with E-state index in [1.807, 2.05) is 31.2 Å². The summed E-state index contributed by atoms with van der Waals surface area (Å²) in [5.41, 5.74) is 0.741. The molecule has 2 aromatic rings. The van der Waals surface area contributed by atoms with Gasteiger partial charge in [0.1, 0.15) is 5.75 Å². The van der Waals surface area contributed by atoms with Crippen LogP contribution in [0.25, 0.3) is 0 Å². The molecule has 0 fully saturated rings. The Bertz CT molecular complexity index is 631. The Morgan fingerprint density at radius 3 is 2.74 bits per heavy atom. The highest BCUT2D eigenvalue weighted by molar-refractivity contribution is 8.02. The van der Waals surface area contributed by atoms with E-state index in [1.165, 1.54) is 23.1 Å². The molecule has 0 spiro atoms. The lowest BCUT2D eigenvalue weighted by molar-refractivity contribution is -0.115. The van der Waals surface area contributed by atoms with Crippen LogP contribution in [0.1, 0.15) is 20.3 Å². The smallest absolute Gasteiger partial charge is 0.237 e. The minimum atomic E-state index is -0.260. The highest BCUT2D eigenvalue weighted by Gasteiger charge is 2.17. The molecular weight excluding hydrogens is 332 g/mol. The summed E-state index contributed by atoms with van der Waals surface area (Å²) in [4.78, 5) is 12.2. The minimum absolute atomic E-state index is 0.0709. The molecule has 1 aromatic heterocycles. The summed E-state index contributed by atoms with van der Waals surface area (Å²) in [5, 5.41) is 14.7. The van der Waals surface area contributed by atoms with Crippen molar-refractivity contribution in [2.24, 2.45) is 0 Å². The van der Waals surface area contributed by atoms with Crippen molar-refractivity contribution < 1.29 is 9.53 Å². The molecule has 2 N–H and O–H groups in total. The standard InChI is InChI=1S/C15H20N4O2S2/c1-4-9-16-14-18-19-15(23-14)22-10(2)13(20)17-11-5-7-12(21-3)8-6-11/h5-8,10H,4,9H2,1-3H3,(H,16,18)(H,17,20)/t10-/m0/s1. The Labute approximate surface area is 144 Å². The fourth-order valence-corrected chi connectivity index (χ4v) is 3.61. The molecule has 1 atom stereocenters. The second-order valence-corrected chi connectivity index (χ2v) is 7.34. The van der Waals surface area contributed by atoms with Crippen molar-refractivity contribution in [2.45, 2.75) is 29.9 Å². The molecule has 1 amide bonds. The van der Waals surface area contributed by atoms with E-state index in [1.54, 1.807) is 7.11 Å². The highest BCUT2D eigenvalue weighted by Crippen LogP contribution is 2.29. The average Bonchev–Trinajstić information content (AvgIpc) is 3.01.